The van der Waals surface area contributed by atoms with Crippen LogP contribution in [0.3, 0.4) is 0 Å². The van der Waals surface area contributed by atoms with Crippen LogP contribution < -0.4 is 4.90 Å². The monoisotopic (exact) mass is 378 g/mol. The molecule has 26 heavy (non-hydrogen) atoms. The first-order valence-corrected chi connectivity index (χ1v) is 8.85. The summed E-state index contributed by atoms with van der Waals surface area (Å²) in [5.74, 6) is -3.58. The Morgan fingerprint density at radius 2 is 1.81 bits per heavy atom. The second kappa shape index (κ2) is 6.31. The van der Waals surface area contributed by atoms with Gasteiger partial charge in [0, 0.05) is 10.4 Å². The quantitative estimate of drug-likeness (QED) is 0.580. The summed E-state index contributed by atoms with van der Waals surface area (Å²) in [6, 6.07) is 6.44. The number of hydrogen-bond acceptors (Lipinski definition) is 5. The molecule has 9 heteroatoms. The van der Waals surface area contributed by atoms with Gasteiger partial charge >= 0.3 is 11.9 Å². The van der Waals surface area contributed by atoms with Gasteiger partial charge in [-0.15, -0.1) is 11.8 Å². The van der Waals surface area contributed by atoms with Gasteiger partial charge < -0.3 is 15.1 Å². The van der Waals surface area contributed by atoms with Gasteiger partial charge in [0.1, 0.15) is 23.9 Å². The lowest BCUT2D eigenvalue weighted by atomic mass is 9.94. The van der Waals surface area contributed by atoms with Gasteiger partial charge in [-0.1, -0.05) is 18.2 Å². The molecule has 2 aliphatic heterocycles. The molecule has 0 aromatic heterocycles. The lowest BCUT2D eigenvalue weighted by Crippen LogP contribution is -2.71. The molecular formula is C17H18N2O6S. The number of amides is 2. The number of rotatable bonds is 5. The Bertz CT molecular complexity index is 781. The van der Waals surface area contributed by atoms with Crippen molar-refractivity contribution < 1.29 is 29.4 Å². The van der Waals surface area contributed by atoms with E-state index in [4.69, 9.17) is 5.11 Å². The van der Waals surface area contributed by atoms with E-state index in [1.165, 1.54) is 21.6 Å². The lowest BCUT2D eigenvalue weighted by molar-refractivity contribution is -0.159. The third-order valence-corrected chi connectivity index (χ3v) is 6.09. The van der Waals surface area contributed by atoms with Crippen molar-refractivity contribution in [2.45, 2.75) is 42.5 Å². The van der Waals surface area contributed by atoms with Gasteiger partial charge in [-0.3, -0.25) is 19.3 Å². The fourth-order valence-corrected chi connectivity index (χ4v) is 5.17. The Balaban J connectivity index is 1.97. The number of β-lactam (4-membered cyclic amide) rings is 1. The molecule has 2 heterocycles. The summed E-state index contributed by atoms with van der Waals surface area (Å²) in [7, 11) is 0. The Kier molecular flexibility index (Phi) is 4.43. The number of para-hydroxylation sites is 1. The van der Waals surface area contributed by atoms with Gasteiger partial charge in [0.05, 0.1) is 0 Å². The lowest BCUT2D eigenvalue weighted by Gasteiger charge is -2.48. The van der Waals surface area contributed by atoms with Crippen molar-refractivity contribution in [3.63, 3.8) is 0 Å². The van der Waals surface area contributed by atoms with Crippen LogP contribution in [0.4, 0.5) is 5.69 Å². The summed E-state index contributed by atoms with van der Waals surface area (Å²) in [6.07, 6.45) is -0.748. The highest BCUT2D eigenvalue weighted by Crippen LogP contribution is 2.52. The summed E-state index contributed by atoms with van der Waals surface area (Å²) in [5.41, 5.74) is 0.411. The molecule has 2 N–H and O–H groups in total. The highest BCUT2D eigenvalue weighted by molar-refractivity contribution is 8.01. The molecule has 2 fully saturated rings. The average Bonchev–Trinajstić information content (AvgIpc) is 2.80. The van der Waals surface area contributed by atoms with Crippen LogP contribution in [0.5, 0.6) is 0 Å². The molecule has 2 amide bonds. The Labute approximate surface area is 153 Å². The van der Waals surface area contributed by atoms with Crippen molar-refractivity contribution in [1.29, 1.82) is 0 Å². The normalized spacial score (nSPS) is 26.0. The van der Waals surface area contributed by atoms with E-state index in [0.717, 1.165) is 0 Å². The smallest absolute Gasteiger partial charge is 0.327 e. The Hall–Kier alpha value is -2.55. The molecule has 138 valence electrons. The van der Waals surface area contributed by atoms with Crippen LogP contribution in [-0.2, 0) is 19.2 Å². The molecule has 0 aliphatic carbocycles. The van der Waals surface area contributed by atoms with Gasteiger partial charge in [0.15, 0.2) is 0 Å². The molecule has 0 spiro atoms. The molecular weight excluding hydrogens is 360 g/mol. The minimum Gasteiger partial charge on any atom is -0.481 e. The predicted octanol–water partition coefficient (Wildman–Crippen LogP) is 1.01. The first kappa shape index (κ1) is 18.2. The molecule has 3 rings (SSSR count). The number of carboxylic acid groups (broad SMARTS) is 2. The van der Waals surface area contributed by atoms with Crippen LogP contribution >= 0.6 is 11.8 Å². The van der Waals surface area contributed by atoms with Gasteiger partial charge in [0.2, 0.25) is 5.91 Å². The zero-order valence-electron chi connectivity index (χ0n) is 14.2. The van der Waals surface area contributed by atoms with Crippen molar-refractivity contribution in [3.8, 4) is 0 Å². The molecule has 2 aliphatic rings. The van der Waals surface area contributed by atoms with Crippen molar-refractivity contribution >= 4 is 41.2 Å². The van der Waals surface area contributed by atoms with E-state index in [2.05, 4.69) is 0 Å². The largest absolute Gasteiger partial charge is 0.481 e. The van der Waals surface area contributed by atoms with Crippen LogP contribution in [0.25, 0.3) is 0 Å². The average molecular weight is 378 g/mol. The number of thioether (sulfide) groups is 1. The maximum atomic E-state index is 12.8. The van der Waals surface area contributed by atoms with E-state index < -0.39 is 52.4 Å². The predicted molar refractivity (Wildman–Crippen MR) is 93.7 cm³/mol. The third kappa shape index (κ3) is 2.82. The van der Waals surface area contributed by atoms with Crippen LogP contribution in [0, 0.1) is 0 Å². The van der Waals surface area contributed by atoms with Crippen LogP contribution in [-0.4, -0.2) is 61.1 Å². The van der Waals surface area contributed by atoms with E-state index >= 15 is 0 Å². The van der Waals surface area contributed by atoms with Crippen molar-refractivity contribution in [3.05, 3.63) is 30.3 Å². The topological polar surface area (TPSA) is 115 Å². The first-order valence-electron chi connectivity index (χ1n) is 7.97. The summed E-state index contributed by atoms with van der Waals surface area (Å²) >= 11 is 1.31. The number of nitrogens with zero attached hydrogens (tertiary/aromatic N) is 2. The maximum absolute atomic E-state index is 12.8. The molecule has 3 atom stereocenters. The summed E-state index contributed by atoms with van der Waals surface area (Å²) in [5, 5.41) is 17.9. The fraction of sp³-hybridized carbons (Fsp3) is 0.412. The molecule has 8 nitrogen and oxygen atoms in total. The maximum Gasteiger partial charge on any atom is 0.327 e. The van der Waals surface area contributed by atoms with Crippen molar-refractivity contribution in [1.82, 2.24) is 4.90 Å². The molecule has 0 bridgehead atoms. The summed E-state index contributed by atoms with van der Waals surface area (Å²) in [6.45, 7) is 3.48. The SMILES string of the molecule is CC1(C)S[C@@H]2C(N(C(=O)CC(=O)O)c3ccccc3)C(=O)N2C1C(=O)O. The molecule has 0 saturated carbocycles. The second-order valence-corrected chi connectivity index (χ2v) is 8.48. The van der Waals surface area contributed by atoms with E-state index in [0.29, 0.717) is 5.69 Å². The minimum absolute atomic E-state index is 0.411. The fourth-order valence-electron chi connectivity index (χ4n) is 3.49. The van der Waals surface area contributed by atoms with Gasteiger partial charge in [-0.2, -0.15) is 0 Å². The number of benzene rings is 1. The number of aliphatic carboxylic acids is 2. The van der Waals surface area contributed by atoms with Crippen LogP contribution in [0.2, 0.25) is 0 Å². The standard InChI is InChI=1S/C17H18N2O6S/c1-17(2)13(16(24)25)19-14(23)12(15(19)26-17)18(10(20)8-11(21)22)9-6-4-3-5-7-9/h3-7,12-13,15H,8H2,1-2H3,(H,21,22)(H,24,25)/t12?,13?,15-/m1/s1. The highest BCUT2D eigenvalue weighted by atomic mass is 32.2. The van der Waals surface area contributed by atoms with E-state index in [9.17, 15) is 24.3 Å². The number of anilines is 1. The van der Waals surface area contributed by atoms with E-state index in [1.54, 1.807) is 44.2 Å². The van der Waals surface area contributed by atoms with Gasteiger partial charge in [-0.25, -0.2) is 4.79 Å². The number of carboxylic acids is 2. The Morgan fingerprint density at radius 1 is 1.19 bits per heavy atom. The molecule has 1 aromatic carbocycles. The van der Waals surface area contributed by atoms with Gasteiger partial charge in [-0.05, 0) is 26.0 Å². The van der Waals surface area contributed by atoms with Crippen molar-refractivity contribution in [2.75, 3.05) is 4.90 Å². The second-order valence-electron chi connectivity index (χ2n) is 6.71. The Morgan fingerprint density at radius 3 is 2.35 bits per heavy atom. The van der Waals surface area contributed by atoms with Crippen LogP contribution in [0.15, 0.2) is 30.3 Å². The van der Waals surface area contributed by atoms with E-state index in [1.807, 2.05) is 0 Å². The number of carbonyl (C=O) groups is 4. The summed E-state index contributed by atoms with van der Waals surface area (Å²) in [4.78, 5) is 50.4. The number of fused-ring (bicyclic) bond motifs is 1. The third-order valence-electron chi connectivity index (χ3n) is 4.53. The zero-order valence-corrected chi connectivity index (χ0v) is 15.0. The molecule has 0 radical (unpaired) electrons. The van der Waals surface area contributed by atoms with E-state index in [-0.39, 0.29) is 0 Å². The highest BCUT2D eigenvalue weighted by Gasteiger charge is 2.66. The molecule has 2 unspecified atom stereocenters. The van der Waals surface area contributed by atoms with Crippen molar-refractivity contribution in [2.24, 2.45) is 0 Å². The minimum atomic E-state index is -1.29. The van der Waals surface area contributed by atoms with Gasteiger partial charge in [0.25, 0.3) is 5.91 Å². The zero-order chi connectivity index (χ0) is 19.2. The number of carbonyl (C=O) groups excluding carboxylic acids is 2. The molecule has 2 saturated heterocycles. The first-order chi connectivity index (χ1) is 12.1. The summed E-state index contributed by atoms with van der Waals surface area (Å²) < 4.78 is -0.723. The number of hydrogen-bond donors (Lipinski definition) is 2. The molecule has 1 aromatic rings. The van der Waals surface area contributed by atoms with Crippen LogP contribution in [0.1, 0.15) is 20.3 Å².